The third kappa shape index (κ3) is 2.13. The van der Waals surface area contributed by atoms with E-state index in [-0.39, 0.29) is 5.92 Å². The van der Waals surface area contributed by atoms with Crippen molar-refractivity contribution in [1.82, 2.24) is 0 Å². The molecule has 1 aromatic carbocycles. The summed E-state index contributed by atoms with van der Waals surface area (Å²) in [6.45, 7) is 2.29. The molecule has 23 heavy (non-hydrogen) atoms. The first-order valence-electron chi connectivity index (χ1n) is 8.94. The Morgan fingerprint density at radius 1 is 1.30 bits per heavy atom. The largest absolute Gasteiger partial charge is 0.497 e. The molecular weight excluding hydrogens is 284 g/mol. The van der Waals surface area contributed by atoms with E-state index in [0.717, 1.165) is 31.4 Å². The van der Waals surface area contributed by atoms with Gasteiger partial charge in [-0.2, -0.15) is 0 Å². The predicted molar refractivity (Wildman–Crippen MR) is 91.3 cm³/mol. The first kappa shape index (κ1) is 15.1. The molecule has 0 aromatic heterocycles. The van der Waals surface area contributed by atoms with Crippen molar-refractivity contribution in [3.8, 4) is 18.1 Å². The number of methoxy groups -OCH3 is 1. The minimum absolute atomic E-state index is 0.286. The quantitative estimate of drug-likeness (QED) is 0.800. The van der Waals surface area contributed by atoms with E-state index < -0.39 is 5.60 Å². The van der Waals surface area contributed by atoms with Gasteiger partial charge in [0.15, 0.2) is 0 Å². The van der Waals surface area contributed by atoms with Crippen LogP contribution in [-0.4, -0.2) is 17.8 Å². The summed E-state index contributed by atoms with van der Waals surface area (Å²) in [4.78, 5) is 0. The standard InChI is InChI=1S/C21H26O2/c1-4-21(22)10-9-18-17-7-5-14-12-15(23-3)6-8-16(14)19(17)11-13(2)20(18)21/h1,6,8,12-13,17-20,22H,5,7,9-11H2,2-3H3/t13-,17+,18+,19-,20-,21+/m1/s1. The van der Waals surface area contributed by atoms with Crippen LogP contribution in [0.1, 0.15) is 49.7 Å². The molecule has 4 rings (SSSR count). The van der Waals surface area contributed by atoms with Gasteiger partial charge in [0.05, 0.1) is 7.11 Å². The Morgan fingerprint density at radius 2 is 2.13 bits per heavy atom. The fourth-order valence-corrected chi connectivity index (χ4v) is 6.03. The minimum Gasteiger partial charge on any atom is -0.497 e. The molecule has 6 atom stereocenters. The molecule has 1 N–H and O–H groups in total. The topological polar surface area (TPSA) is 29.5 Å². The molecule has 3 aliphatic rings. The zero-order valence-corrected chi connectivity index (χ0v) is 14.1. The number of aryl methyl sites for hydroxylation is 1. The van der Waals surface area contributed by atoms with Gasteiger partial charge in [-0.25, -0.2) is 0 Å². The fraction of sp³-hybridized carbons (Fsp3) is 0.619. The lowest BCUT2D eigenvalue weighted by molar-refractivity contribution is -0.0219. The van der Waals surface area contributed by atoms with E-state index in [2.05, 4.69) is 31.0 Å². The molecule has 122 valence electrons. The zero-order chi connectivity index (χ0) is 16.2. The minimum atomic E-state index is -0.866. The molecule has 2 heteroatoms. The van der Waals surface area contributed by atoms with Gasteiger partial charge in [-0.15, -0.1) is 6.42 Å². The number of terminal acetylenes is 1. The molecule has 0 saturated heterocycles. The first-order valence-corrected chi connectivity index (χ1v) is 8.94. The molecule has 2 fully saturated rings. The number of aliphatic hydroxyl groups is 1. The Kier molecular flexibility index (Phi) is 3.46. The summed E-state index contributed by atoms with van der Waals surface area (Å²) in [5, 5.41) is 10.9. The number of fused-ring (bicyclic) bond motifs is 5. The van der Waals surface area contributed by atoms with Crippen LogP contribution in [0.15, 0.2) is 18.2 Å². The molecule has 0 bridgehead atoms. The van der Waals surface area contributed by atoms with Gasteiger partial charge in [0.25, 0.3) is 0 Å². The van der Waals surface area contributed by atoms with Crippen LogP contribution in [0, 0.1) is 36.0 Å². The second kappa shape index (κ2) is 5.28. The van der Waals surface area contributed by atoms with Crippen molar-refractivity contribution < 1.29 is 9.84 Å². The molecule has 0 aliphatic heterocycles. The summed E-state index contributed by atoms with van der Waals surface area (Å²) < 4.78 is 5.39. The number of rotatable bonds is 1. The summed E-state index contributed by atoms with van der Waals surface area (Å²) in [7, 11) is 1.74. The molecular formula is C21H26O2. The van der Waals surface area contributed by atoms with Crippen LogP contribution < -0.4 is 4.74 Å². The maximum atomic E-state index is 10.9. The Bertz CT molecular complexity index is 658. The molecule has 0 heterocycles. The van der Waals surface area contributed by atoms with Gasteiger partial charge in [0, 0.05) is 5.92 Å². The second-order valence-corrected chi connectivity index (χ2v) is 7.88. The van der Waals surface area contributed by atoms with Crippen LogP contribution >= 0.6 is 0 Å². The third-order valence-corrected chi connectivity index (χ3v) is 6.92. The Labute approximate surface area is 139 Å². The van der Waals surface area contributed by atoms with Gasteiger partial charge in [0.2, 0.25) is 0 Å². The molecule has 2 saturated carbocycles. The average molecular weight is 310 g/mol. The third-order valence-electron chi connectivity index (χ3n) is 6.92. The summed E-state index contributed by atoms with van der Waals surface area (Å²) in [6, 6.07) is 6.60. The molecule has 3 aliphatic carbocycles. The number of hydrogen-bond acceptors (Lipinski definition) is 2. The van der Waals surface area contributed by atoms with Crippen molar-refractivity contribution in [2.45, 2.75) is 50.5 Å². The van der Waals surface area contributed by atoms with Crippen LogP contribution in [-0.2, 0) is 6.42 Å². The summed E-state index contributed by atoms with van der Waals surface area (Å²) in [6.07, 6.45) is 11.1. The van der Waals surface area contributed by atoms with E-state index in [9.17, 15) is 5.11 Å². The number of ether oxygens (including phenoxy) is 1. The van der Waals surface area contributed by atoms with Crippen molar-refractivity contribution in [1.29, 1.82) is 0 Å². The SMILES string of the molecule is C#C[C@]1(O)CC[C@H]2[C@@H]3CCc4cc(OC)ccc4[C@H]3C[C@@H](C)[C@H]21. The highest BCUT2D eigenvalue weighted by atomic mass is 16.5. The van der Waals surface area contributed by atoms with Crippen LogP contribution in [0.2, 0.25) is 0 Å². The van der Waals surface area contributed by atoms with Gasteiger partial charge >= 0.3 is 0 Å². The lowest BCUT2D eigenvalue weighted by Crippen LogP contribution is -2.46. The van der Waals surface area contributed by atoms with E-state index in [1.807, 2.05) is 0 Å². The van der Waals surface area contributed by atoms with Crippen LogP contribution in [0.4, 0.5) is 0 Å². The Morgan fingerprint density at radius 3 is 2.87 bits per heavy atom. The van der Waals surface area contributed by atoms with Crippen molar-refractivity contribution in [2.75, 3.05) is 7.11 Å². The normalized spacial score (nSPS) is 41.4. The number of benzene rings is 1. The molecule has 1 aromatic rings. The van der Waals surface area contributed by atoms with Crippen molar-refractivity contribution in [3.05, 3.63) is 29.3 Å². The highest BCUT2D eigenvalue weighted by Gasteiger charge is 2.56. The average Bonchev–Trinajstić information content (AvgIpc) is 2.93. The van der Waals surface area contributed by atoms with Crippen LogP contribution in [0.3, 0.4) is 0 Å². The van der Waals surface area contributed by atoms with E-state index in [1.165, 1.54) is 17.5 Å². The summed E-state index contributed by atoms with van der Waals surface area (Å²) in [5.41, 5.74) is 2.11. The van der Waals surface area contributed by atoms with Crippen molar-refractivity contribution in [3.63, 3.8) is 0 Å². The lowest BCUT2D eigenvalue weighted by atomic mass is 9.56. The molecule has 0 amide bonds. The molecule has 0 unspecified atom stereocenters. The first-order chi connectivity index (χ1) is 11.1. The summed E-state index contributed by atoms with van der Waals surface area (Å²) >= 11 is 0. The lowest BCUT2D eigenvalue weighted by Gasteiger charge is -2.49. The Balaban J connectivity index is 1.70. The van der Waals surface area contributed by atoms with E-state index in [1.54, 1.807) is 7.11 Å². The van der Waals surface area contributed by atoms with E-state index >= 15 is 0 Å². The number of hydrogen-bond donors (Lipinski definition) is 1. The Hall–Kier alpha value is -1.46. The zero-order valence-electron chi connectivity index (χ0n) is 14.1. The van der Waals surface area contributed by atoms with Crippen LogP contribution in [0.25, 0.3) is 0 Å². The molecule has 0 radical (unpaired) electrons. The smallest absolute Gasteiger partial charge is 0.128 e. The van der Waals surface area contributed by atoms with Crippen LogP contribution in [0.5, 0.6) is 5.75 Å². The maximum Gasteiger partial charge on any atom is 0.128 e. The molecule has 2 nitrogen and oxygen atoms in total. The van der Waals surface area contributed by atoms with E-state index in [0.29, 0.717) is 23.7 Å². The van der Waals surface area contributed by atoms with Gasteiger partial charge in [-0.1, -0.05) is 18.9 Å². The highest BCUT2D eigenvalue weighted by Crippen LogP contribution is 2.59. The van der Waals surface area contributed by atoms with Crippen molar-refractivity contribution in [2.24, 2.45) is 23.7 Å². The predicted octanol–water partition coefficient (Wildman–Crippen LogP) is 3.77. The van der Waals surface area contributed by atoms with Crippen molar-refractivity contribution >= 4 is 0 Å². The monoisotopic (exact) mass is 310 g/mol. The van der Waals surface area contributed by atoms with E-state index in [4.69, 9.17) is 11.2 Å². The molecule has 0 spiro atoms. The van der Waals surface area contributed by atoms with Gasteiger partial charge < -0.3 is 9.84 Å². The van der Waals surface area contributed by atoms with Gasteiger partial charge in [-0.05, 0) is 79.0 Å². The van der Waals surface area contributed by atoms with Gasteiger partial charge in [0.1, 0.15) is 11.4 Å². The van der Waals surface area contributed by atoms with Gasteiger partial charge in [-0.3, -0.25) is 0 Å². The maximum absolute atomic E-state index is 10.9. The second-order valence-electron chi connectivity index (χ2n) is 7.88. The summed E-state index contributed by atoms with van der Waals surface area (Å²) in [5.74, 6) is 6.36. The highest BCUT2D eigenvalue weighted by molar-refractivity contribution is 5.41. The fourth-order valence-electron chi connectivity index (χ4n) is 6.03.